The Balaban J connectivity index is 1.53. The summed E-state index contributed by atoms with van der Waals surface area (Å²) in [5, 5.41) is 2.44. The molecule has 0 bridgehead atoms. The van der Waals surface area contributed by atoms with Crippen molar-refractivity contribution in [2.45, 2.75) is 4.90 Å². The molecule has 1 amide bonds. The van der Waals surface area contributed by atoms with E-state index in [1.54, 1.807) is 0 Å². The Hall–Kier alpha value is -2.60. The van der Waals surface area contributed by atoms with Gasteiger partial charge in [0.2, 0.25) is 10.0 Å². The van der Waals surface area contributed by atoms with Crippen molar-refractivity contribution < 1.29 is 31.5 Å². The lowest BCUT2D eigenvalue weighted by atomic mass is 10.2. The number of hydrogen-bond acceptors (Lipinski definition) is 6. The predicted molar refractivity (Wildman–Crippen MR) is 113 cm³/mol. The zero-order valence-electron chi connectivity index (χ0n) is 17.2. The Kier molecular flexibility index (Phi) is 6.70. The van der Waals surface area contributed by atoms with Gasteiger partial charge in [0, 0.05) is 31.9 Å². The minimum Gasteiger partial charge on any atom is -0.379 e. The van der Waals surface area contributed by atoms with Gasteiger partial charge in [0.05, 0.1) is 42.6 Å². The molecule has 2 aromatic rings. The van der Waals surface area contributed by atoms with Crippen molar-refractivity contribution in [1.82, 2.24) is 4.31 Å². The third kappa shape index (κ3) is 4.75. The van der Waals surface area contributed by atoms with E-state index in [1.807, 2.05) is 4.90 Å². The van der Waals surface area contributed by atoms with Crippen LogP contribution in [0, 0.1) is 11.6 Å². The van der Waals surface area contributed by atoms with Gasteiger partial charge in [0.25, 0.3) is 5.91 Å². The normalized spacial score (nSPS) is 17.9. The van der Waals surface area contributed by atoms with Crippen LogP contribution in [-0.4, -0.2) is 71.2 Å². The second kappa shape index (κ2) is 9.49. The van der Waals surface area contributed by atoms with Gasteiger partial charge in [0.15, 0.2) is 0 Å². The second-order valence-electron chi connectivity index (χ2n) is 7.38. The number of carbonyl (C=O) groups is 1. The third-order valence-corrected chi connectivity index (χ3v) is 7.24. The van der Waals surface area contributed by atoms with Crippen molar-refractivity contribution in [2.75, 3.05) is 62.8 Å². The molecule has 4 rings (SSSR count). The molecule has 2 aliphatic rings. The van der Waals surface area contributed by atoms with Gasteiger partial charge in [-0.1, -0.05) is 0 Å². The van der Waals surface area contributed by atoms with Crippen molar-refractivity contribution >= 4 is 27.3 Å². The van der Waals surface area contributed by atoms with Gasteiger partial charge >= 0.3 is 0 Å². The molecule has 2 saturated heterocycles. The van der Waals surface area contributed by atoms with E-state index in [9.17, 15) is 22.0 Å². The number of halogens is 2. The molecule has 32 heavy (non-hydrogen) atoms. The number of anilines is 2. The van der Waals surface area contributed by atoms with Crippen molar-refractivity contribution in [3.8, 4) is 0 Å². The summed E-state index contributed by atoms with van der Waals surface area (Å²) in [6.07, 6.45) is 0. The monoisotopic (exact) mass is 467 g/mol. The van der Waals surface area contributed by atoms with Crippen LogP contribution in [0.25, 0.3) is 0 Å². The Morgan fingerprint density at radius 1 is 0.875 bits per heavy atom. The third-order valence-electron chi connectivity index (χ3n) is 5.35. The van der Waals surface area contributed by atoms with E-state index in [0.29, 0.717) is 32.0 Å². The maximum atomic E-state index is 14.6. The summed E-state index contributed by atoms with van der Waals surface area (Å²) in [6, 6.07) is 7.24. The van der Waals surface area contributed by atoms with Gasteiger partial charge in [-0.3, -0.25) is 4.79 Å². The Morgan fingerprint density at radius 3 is 2.19 bits per heavy atom. The Labute approximate surface area is 184 Å². The number of rotatable bonds is 5. The van der Waals surface area contributed by atoms with Crippen molar-refractivity contribution in [3.63, 3.8) is 0 Å². The lowest BCUT2D eigenvalue weighted by Gasteiger charge is -2.29. The average Bonchev–Trinajstić information content (AvgIpc) is 2.80. The second-order valence-corrected chi connectivity index (χ2v) is 9.32. The summed E-state index contributed by atoms with van der Waals surface area (Å²) >= 11 is 0. The molecule has 8 nitrogen and oxygen atoms in total. The van der Waals surface area contributed by atoms with E-state index in [4.69, 9.17) is 9.47 Å². The van der Waals surface area contributed by atoms with Crippen LogP contribution in [0.1, 0.15) is 10.4 Å². The molecule has 1 N–H and O–H groups in total. The van der Waals surface area contributed by atoms with E-state index in [0.717, 1.165) is 24.3 Å². The zero-order valence-corrected chi connectivity index (χ0v) is 18.0. The van der Waals surface area contributed by atoms with Crippen LogP contribution in [0.5, 0.6) is 0 Å². The molecule has 2 heterocycles. The summed E-state index contributed by atoms with van der Waals surface area (Å²) in [5.41, 5.74) is 0.0680. The number of nitrogens with zero attached hydrogens (tertiary/aromatic N) is 2. The molecule has 0 radical (unpaired) electrons. The van der Waals surface area contributed by atoms with E-state index in [-0.39, 0.29) is 36.9 Å². The minimum absolute atomic E-state index is 0.130. The molecule has 0 aliphatic carbocycles. The molecule has 0 spiro atoms. The van der Waals surface area contributed by atoms with Gasteiger partial charge in [-0.05, 0) is 36.4 Å². The molecule has 2 fully saturated rings. The fraction of sp³-hybridized carbons (Fsp3) is 0.381. The van der Waals surface area contributed by atoms with Crippen LogP contribution in [0.15, 0.2) is 41.3 Å². The number of sulfonamides is 1. The first-order chi connectivity index (χ1) is 15.4. The van der Waals surface area contributed by atoms with Gasteiger partial charge < -0.3 is 19.7 Å². The minimum atomic E-state index is -3.90. The summed E-state index contributed by atoms with van der Waals surface area (Å²) in [5.74, 6) is -2.29. The van der Waals surface area contributed by atoms with Crippen LogP contribution >= 0.6 is 0 Å². The highest BCUT2D eigenvalue weighted by molar-refractivity contribution is 7.89. The number of ether oxygens (including phenoxy) is 2. The number of benzene rings is 2. The molecule has 0 atom stereocenters. The fourth-order valence-electron chi connectivity index (χ4n) is 3.62. The summed E-state index contributed by atoms with van der Waals surface area (Å²) in [7, 11) is -3.90. The molecule has 2 aromatic carbocycles. The van der Waals surface area contributed by atoms with Crippen LogP contribution in [0.4, 0.5) is 20.2 Å². The smallest absolute Gasteiger partial charge is 0.258 e. The summed E-state index contributed by atoms with van der Waals surface area (Å²) in [4.78, 5) is 14.3. The highest BCUT2D eigenvalue weighted by Gasteiger charge is 2.28. The molecule has 172 valence electrons. The molecule has 0 aromatic heterocycles. The molecular formula is C21H23F2N3O5S. The fourth-order valence-corrected chi connectivity index (χ4v) is 5.05. The standard InChI is InChI=1S/C21H23F2N3O5S/c22-18-3-2-16(32(28,29)26-7-11-31-12-8-26)14-17(18)21(27)24-15-1-4-20(19(23)13-15)25-5-9-30-10-6-25/h1-4,13-14H,5-12H2,(H,24,27). The first-order valence-electron chi connectivity index (χ1n) is 10.2. The maximum Gasteiger partial charge on any atom is 0.258 e. The molecule has 2 aliphatic heterocycles. The number of carbonyl (C=O) groups excluding carboxylic acids is 1. The lowest BCUT2D eigenvalue weighted by Crippen LogP contribution is -2.40. The van der Waals surface area contributed by atoms with Crippen molar-refractivity contribution in [2.24, 2.45) is 0 Å². The van der Waals surface area contributed by atoms with Gasteiger partial charge in [-0.15, -0.1) is 0 Å². The quantitative estimate of drug-likeness (QED) is 0.725. The number of hydrogen-bond donors (Lipinski definition) is 1. The molecule has 11 heteroatoms. The van der Waals surface area contributed by atoms with Crippen LogP contribution in [-0.2, 0) is 19.5 Å². The molecule has 0 saturated carbocycles. The Bertz CT molecular complexity index is 1100. The van der Waals surface area contributed by atoms with E-state index in [1.165, 1.54) is 16.4 Å². The topological polar surface area (TPSA) is 88.2 Å². The van der Waals surface area contributed by atoms with Gasteiger partial charge in [-0.2, -0.15) is 4.31 Å². The zero-order chi connectivity index (χ0) is 22.7. The number of morpholine rings is 2. The average molecular weight is 467 g/mol. The summed E-state index contributed by atoms with van der Waals surface area (Å²) < 4.78 is 66.2. The lowest BCUT2D eigenvalue weighted by molar-refractivity contribution is 0.0730. The SMILES string of the molecule is O=C(Nc1ccc(N2CCOCC2)c(F)c1)c1cc(S(=O)(=O)N2CCOCC2)ccc1F. The molecule has 0 unspecified atom stereocenters. The van der Waals surface area contributed by atoms with Gasteiger partial charge in [-0.25, -0.2) is 17.2 Å². The number of nitrogens with one attached hydrogen (secondary N) is 1. The highest BCUT2D eigenvalue weighted by Crippen LogP contribution is 2.25. The predicted octanol–water partition coefficient (Wildman–Crippen LogP) is 2.07. The van der Waals surface area contributed by atoms with E-state index >= 15 is 0 Å². The first-order valence-corrected chi connectivity index (χ1v) is 11.6. The Morgan fingerprint density at radius 2 is 1.53 bits per heavy atom. The first kappa shape index (κ1) is 22.6. The molecular weight excluding hydrogens is 444 g/mol. The van der Waals surface area contributed by atoms with Crippen LogP contribution < -0.4 is 10.2 Å². The summed E-state index contributed by atoms with van der Waals surface area (Å²) in [6.45, 7) is 2.99. The van der Waals surface area contributed by atoms with Crippen molar-refractivity contribution in [1.29, 1.82) is 0 Å². The van der Waals surface area contributed by atoms with Crippen LogP contribution in [0.3, 0.4) is 0 Å². The van der Waals surface area contributed by atoms with E-state index < -0.39 is 33.1 Å². The van der Waals surface area contributed by atoms with Gasteiger partial charge in [0.1, 0.15) is 11.6 Å². The maximum absolute atomic E-state index is 14.6. The van der Waals surface area contributed by atoms with E-state index in [2.05, 4.69) is 5.32 Å². The highest BCUT2D eigenvalue weighted by atomic mass is 32.2. The van der Waals surface area contributed by atoms with Crippen molar-refractivity contribution in [3.05, 3.63) is 53.6 Å². The van der Waals surface area contributed by atoms with Crippen LogP contribution in [0.2, 0.25) is 0 Å². The largest absolute Gasteiger partial charge is 0.379 e. The number of amides is 1.